The fourth-order valence-corrected chi connectivity index (χ4v) is 1.51. The van der Waals surface area contributed by atoms with Crippen molar-refractivity contribution < 1.29 is 14.3 Å². The smallest absolute Gasteiger partial charge is 0.302 e. The molecule has 1 rings (SSSR count). The van der Waals surface area contributed by atoms with E-state index in [0.717, 1.165) is 6.42 Å². The van der Waals surface area contributed by atoms with Crippen molar-refractivity contribution in [2.45, 2.75) is 51.7 Å². The molecule has 15 heavy (non-hydrogen) atoms. The summed E-state index contributed by atoms with van der Waals surface area (Å²) < 4.78 is 10.2. The van der Waals surface area contributed by atoms with Gasteiger partial charge in [0.05, 0.1) is 6.10 Å². The van der Waals surface area contributed by atoms with Crippen LogP contribution < -0.4 is 0 Å². The molecule has 0 spiro atoms. The van der Waals surface area contributed by atoms with Crippen LogP contribution in [0.5, 0.6) is 0 Å². The zero-order valence-corrected chi connectivity index (χ0v) is 9.57. The summed E-state index contributed by atoms with van der Waals surface area (Å²) in [6.07, 6.45) is 9.43. The maximum atomic E-state index is 10.5. The third kappa shape index (κ3) is 5.57. The number of unbranched alkanes of at least 4 members (excludes halogenated alkanes) is 2. The van der Waals surface area contributed by atoms with Gasteiger partial charge in [0, 0.05) is 6.92 Å². The molecule has 1 aliphatic rings. The monoisotopic (exact) mass is 212 g/mol. The highest BCUT2D eigenvalue weighted by Crippen LogP contribution is 2.28. The molecule has 0 aromatic carbocycles. The summed E-state index contributed by atoms with van der Waals surface area (Å²) in [5, 5.41) is 0. The molecule has 0 aromatic heterocycles. The Bertz CT molecular complexity index is 223. The van der Waals surface area contributed by atoms with Gasteiger partial charge in [0.2, 0.25) is 0 Å². The van der Waals surface area contributed by atoms with E-state index in [4.69, 9.17) is 9.47 Å². The van der Waals surface area contributed by atoms with Crippen LogP contribution in [0.3, 0.4) is 0 Å². The Kier molecular flexibility index (Phi) is 5.40. The fourth-order valence-electron chi connectivity index (χ4n) is 1.51. The Morgan fingerprint density at radius 1 is 1.47 bits per heavy atom. The first kappa shape index (κ1) is 12.2. The third-order valence-corrected chi connectivity index (χ3v) is 2.42. The minimum Gasteiger partial charge on any atom is -0.462 e. The predicted octanol–water partition coefficient (Wildman–Crippen LogP) is 2.45. The van der Waals surface area contributed by atoms with Gasteiger partial charge in [-0.05, 0) is 12.5 Å². The Morgan fingerprint density at radius 3 is 2.93 bits per heavy atom. The quantitative estimate of drug-likeness (QED) is 0.281. The van der Waals surface area contributed by atoms with Crippen molar-refractivity contribution in [2.24, 2.45) is 0 Å². The summed E-state index contributed by atoms with van der Waals surface area (Å²) in [6, 6.07) is 0. The number of hydrogen-bond donors (Lipinski definition) is 0. The van der Waals surface area contributed by atoms with Gasteiger partial charge in [-0.1, -0.05) is 32.3 Å². The summed E-state index contributed by atoms with van der Waals surface area (Å²) in [4.78, 5) is 10.5. The summed E-state index contributed by atoms with van der Waals surface area (Å²) >= 11 is 0. The number of ether oxygens (including phenoxy) is 2. The summed E-state index contributed by atoms with van der Waals surface area (Å²) in [5.74, 6) is -0.240. The average molecular weight is 212 g/mol. The lowest BCUT2D eigenvalue weighted by molar-refractivity contribution is -0.139. The van der Waals surface area contributed by atoms with Crippen molar-refractivity contribution in [2.75, 3.05) is 6.61 Å². The molecule has 0 saturated carbocycles. The van der Waals surface area contributed by atoms with Gasteiger partial charge in [-0.3, -0.25) is 4.79 Å². The Hall–Kier alpha value is -0.830. The van der Waals surface area contributed by atoms with Crippen molar-refractivity contribution in [1.82, 2.24) is 0 Å². The largest absolute Gasteiger partial charge is 0.462 e. The van der Waals surface area contributed by atoms with E-state index in [2.05, 4.69) is 6.92 Å². The third-order valence-electron chi connectivity index (χ3n) is 2.42. The standard InChI is InChI=1S/C12H20O3/c1-3-4-5-7-11-12(15-11)8-6-9-14-10(2)13/h6,8,11-12H,3-5,7,9H2,1-2H3/b8-6+. The average Bonchev–Trinajstić information content (AvgIpc) is 2.92. The van der Waals surface area contributed by atoms with Gasteiger partial charge in [-0.15, -0.1) is 0 Å². The molecule has 86 valence electrons. The molecule has 3 heteroatoms. The zero-order chi connectivity index (χ0) is 11.1. The van der Waals surface area contributed by atoms with E-state index in [9.17, 15) is 4.79 Å². The number of epoxide rings is 1. The highest BCUT2D eigenvalue weighted by molar-refractivity contribution is 5.65. The number of carbonyl (C=O) groups excluding carboxylic acids is 1. The summed E-state index contributed by atoms with van der Waals surface area (Å²) in [7, 11) is 0. The minimum atomic E-state index is -0.240. The van der Waals surface area contributed by atoms with Crippen molar-refractivity contribution in [3.8, 4) is 0 Å². The van der Waals surface area contributed by atoms with Gasteiger partial charge in [0.25, 0.3) is 0 Å². The second-order valence-electron chi connectivity index (χ2n) is 3.87. The molecule has 1 saturated heterocycles. The first-order chi connectivity index (χ1) is 7.24. The fraction of sp³-hybridized carbons (Fsp3) is 0.750. The molecule has 0 amide bonds. The van der Waals surface area contributed by atoms with Gasteiger partial charge < -0.3 is 9.47 Å². The molecule has 0 aromatic rings. The SMILES string of the molecule is CCCCCC1OC1/C=C/COC(C)=O. The van der Waals surface area contributed by atoms with Gasteiger partial charge in [0.1, 0.15) is 12.7 Å². The van der Waals surface area contributed by atoms with Crippen LogP contribution in [0.2, 0.25) is 0 Å². The van der Waals surface area contributed by atoms with Crippen LogP contribution in [0.1, 0.15) is 39.5 Å². The minimum absolute atomic E-state index is 0.240. The van der Waals surface area contributed by atoms with Gasteiger partial charge in [0.15, 0.2) is 0 Å². The van der Waals surface area contributed by atoms with Crippen LogP contribution in [-0.2, 0) is 14.3 Å². The summed E-state index contributed by atoms with van der Waals surface area (Å²) in [5.41, 5.74) is 0. The van der Waals surface area contributed by atoms with E-state index in [0.29, 0.717) is 12.7 Å². The first-order valence-electron chi connectivity index (χ1n) is 5.69. The van der Waals surface area contributed by atoms with Gasteiger partial charge in [-0.2, -0.15) is 0 Å². The van der Waals surface area contributed by atoms with Crippen LogP contribution in [0.15, 0.2) is 12.2 Å². The maximum absolute atomic E-state index is 10.5. The highest BCUT2D eigenvalue weighted by atomic mass is 16.6. The molecule has 0 aliphatic carbocycles. The van der Waals surface area contributed by atoms with E-state index in [1.165, 1.54) is 26.2 Å². The molecule has 1 aliphatic heterocycles. The molecule has 3 nitrogen and oxygen atoms in total. The molecule has 0 bridgehead atoms. The van der Waals surface area contributed by atoms with E-state index in [1.54, 1.807) is 0 Å². The Labute approximate surface area is 91.4 Å². The number of hydrogen-bond acceptors (Lipinski definition) is 3. The molecule has 2 atom stereocenters. The predicted molar refractivity (Wildman–Crippen MR) is 58.6 cm³/mol. The normalized spacial score (nSPS) is 24.4. The molecule has 0 N–H and O–H groups in total. The van der Waals surface area contributed by atoms with Gasteiger partial charge in [-0.25, -0.2) is 0 Å². The summed E-state index contributed by atoms with van der Waals surface area (Å²) in [6.45, 7) is 3.97. The van der Waals surface area contributed by atoms with E-state index in [1.807, 2.05) is 12.2 Å². The number of esters is 1. The molecule has 1 fully saturated rings. The van der Waals surface area contributed by atoms with Gasteiger partial charge >= 0.3 is 5.97 Å². The van der Waals surface area contributed by atoms with Crippen LogP contribution in [0, 0.1) is 0 Å². The Balaban J connectivity index is 1.98. The lowest BCUT2D eigenvalue weighted by atomic mass is 10.1. The van der Waals surface area contributed by atoms with E-state index < -0.39 is 0 Å². The Morgan fingerprint density at radius 2 is 2.27 bits per heavy atom. The second-order valence-corrected chi connectivity index (χ2v) is 3.87. The molecular weight excluding hydrogens is 192 g/mol. The number of rotatable bonds is 7. The second kappa shape index (κ2) is 6.62. The highest BCUT2D eigenvalue weighted by Gasteiger charge is 2.35. The van der Waals surface area contributed by atoms with Crippen LogP contribution in [-0.4, -0.2) is 24.8 Å². The van der Waals surface area contributed by atoms with Crippen molar-refractivity contribution in [3.05, 3.63) is 12.2 Å². The van der Waals surface area contributed by atoms with Crippen LogP contribution >= 0.6 is 0 Å². The number of carbonyl (C=O) groups is 1. The van der Waals surface area contributed by atoms with Crippen molar-refractivity contribution in [1.29, 1.82) is 0 Å². The van der Waals surface area contributed by atoms with E-state index in [-0.39, 0.29) is 12.1 Å². The first-order valence-corrected chi connectivity index (χ1v) is 5.69. The topological polar surface area (TPSA) is 38.8 Å². The molecule has 0 radical (unpaired) electrons. The van der Waals surface area contributed by atoms with Crippen LogP contribution in [0.4, 0.5) is 0 Å². The zero-order valence-electron chi connectivity index (χ0n) is 9.57. The van der Waals surface area contributed by atoms with E-state index >= 15 is 0 Å². The lowest BCUT2D eigenvalue weighted by Gasteiger charge is -1.94. The van der Waals surface area contributed by atoms with Crippen LogP contribution in [0.25, 0.3) is 0 Å². The lowest BCUT2D eigenvalue weighted by Crippen LogP contribution is -1.98. The molecule has 1 heterocycles. The molecular formula is C12H20O3. The van der Waals surface area contributed by atoms with Crippen molar-refractivity contribution >= 4 is 5.97 Å². The molecule has 2 unspecified atom stereocenters. The maximum Gasteiger partial charge on any atom is 0.302 e. The van der Waals surface area contributed by atoms with Crippen molar-refractivity contribution in [3.63, 3.8) is 0 Å².